The first kappa shape index (κ1) is 21.4. The lowest BCUT2D eigenvalue weighted by atomic mass is 10.0. The summed E-state index contributed by atoms with van der Waals surface area (Å²) in [5, 5.41) is 2.61. The average Bonchev–Trinajstić information content (AvgIpc) is 3.30. The molecule has 0 saturated carbocycles. The lowest BCUT2D eigenvalue weighted by Crippen LogP contribution is -2.38. The highest BCUT2D eigenvalue weighted by molar-refractivity contribution is 6.20. The van der Waals surface area contributed by atoms with Crippen molar-refractivity contribution in [1.82, 2.24) is 14.8 Å². The number of aromatic nitrogens is 1. The van der Waals surface area contributed by atoms with E-state index in [1.165, 1.54) is 18.7 Å². The van der Waals surface area contributed by atoms with E-state index < -0.39 is 0 Å². The number of ketones is 1. The molecule has 0 atom stereocenters. The molecule has 0 unspecified atom stereocenters. The van der Waals surface area contributed by atoms with Crippen LogP contribution in [0.15, 0.2) is 46.5 Å². The number of rotatable bonds is 6. The number of pyridine rings is 1. The Kier molecular flexibility index (Phi) is 5.97. The molecule has 0 bridgehead atoms. The molecular formula is C24H26N6O3. The van der Waals surface area contributed by atoms with Gasteiger partial charge in [0.15, 0.2) is 5.78 Å². The van der Waals surface area contributed by atoms with Gasteiger partial charge < -0.3 is 15.0 Å². The van der Waals surface area contributed by atoms with Crippen LogP contribution in [0.3, 0.4) is 0 Å². The molecule has 1 N–H and O–H groups in total. The summed E-state index contributed by atoms with van der Waals surface area (Å²) in [5.41, 5.74) is 3.54. The third-order valence-corrected chi connectivity index (χ3v) is 5.92. The van der Waals surface area contributed by atoms with Crippen molar-refractivity contribution < 1.29 is 14.3 Å². The Hall–Kier alpha value is -3.43. The number of amides is 1. The maximum atomic E-state index is 13.0. The van der Waals surface area contributed by atoms with Crippen LogP contribution in [-0.2, 0) is 16.1 Å². The molecule has 3 aliphatic rings. The van der Waals surface area contributed by atoms with Crippen molar-refractivity contribution in [3.05, 3.63) is 53.2 Å². The normalized spacial score (nSPS) is 17.7. The van der Waals surface area contributed by atoms with Crippen LogP contribution in [-0.4, -0.2) is 77.5 Å². The van der Waals surface area contributed by atoms with Gasteiger partial charge in [-0.25, -0.2) is 9.98 Å². The SMILES string of the molecule is CC(=O)Nc1ccc(C(=O)CC2=Nc3cc(CN4CCOCC4)ccc3C3=NCCN23)cn1. The van der Waals surface area contributed by atoms with E-state index in [9.17, 15) is 9.59 Å². The van der Waals surface area contributed by atoms with Crippen molar-refractivity contribution in [3.63, 3.8) is 0 Å². The first-order valence-electron chi connectivity index (χ1n) is 11.2. The number of ether oxygens (including phenoxy) is 1. The minimum absolute atomic E-state index is 0.0743. The standard InChI is InChI=1S/C24H26N6O3/c1-16(31)27-22-5-3-18(14-26-22)21(32)13-23-28-20-12-17(15-29-8-10-33-11-9-29)2-4-19(20)24-25-6-7-30(23)24/h2-5,12,14H,6-11,13,15H2,1H3,(H,26,27,31). The highest BCUT2D eigenvalue weighted by atomic mass is 16.5. The predicted octanol–water partition coefficient (Wildman–Crippen LogP) is 2.25. The number of aliphatic imine (C=N–C) groups is 2. The third kappa shape index (κ3) is 4.69. The molecule has 0 spiro atoms. The topological polar surface area (TPSA) is 99.5 Å². The molecule has 33 heavy (non-hydrogen) atoms. The van der Waals surface area contributed by atoms with Gasteiger partial charge in [0.1, 0.15) is 17.5 Å². The number of carbonyl (C=O) groups is 2. The maximum Gasteiger partial charge on any atom is 0.222 e. The van der Waals surface area contributed by atoms with Crippen LogP contribution >= 0.6 is 0 Å². The molecule has 1 amide bonds. The predicted molar refractivity (Wildman–Crippen MR) is 125 cm³/mol. The van der Waals surface area contributed by atoms with Crippen molar-refractivity contribution >= 4 is 34.9 Å². The molecule has 3 aliphatic heterocycles. The Morgan fingerprint density at radius 1 is 1.12 bits per heavy atom. The maximum absolute atomic E-state index is 13.0. The summed E-state index contributed by atoms with van der Waals surface area (Å²) >= 11 is 0. The van der Waals surface area contributed by atoms with E-state index in [1.54, 1.807) is 12.1 Å². The monoisotopic (exact) mass is 446 g/mol. The molecule has 0 radical (unpaired) electrons. The van der Waals surface area contributed by atoms with Crippen LogP contribution in [0.25, 0.3) is 0 Å². The molecule has 5 rings (SSSR count). The lowest BCUT2D eigenvalue weighted by Gasteiger charge is -2.29. The first-order valence-corrected chi connectivity index (χ1v) is 11.2. The molecule has 1 saturated heterocycles. The van der Waals surface area contributed by atoms with Gasteiger partial charge in [0.2, 0.25) is 5.91 Å². The molecule has 1 aromatic carbocycles. The van der Waals surface area contributed by atoms with Crippen molar-refractivity contribution in [2.24, 2.45) is 9.98 Å². The Morgan fingerprint density at radius 2 is 1.97 bits per heavy atom. The second kappa shape index (κ2) is 9.21. The van der Waals surface area contributed by atoms with E-state index in [4.69, 9.17) is 9.73 Å². The number of fused-ring (bicyclic) bond motifs is 3. The largest absolute Gasteiger partial charge is 0.379 e. The summed E-state index contributed by atoms with van der Waals surface area (Å²) < 4.78 is 5.45. The molecule has 1 aromatic heterocycles. The van der Waals surface area contributed by atoms with Crippen molar-refractivity contribution in [1.29, 1.82) is 0 Å². The Labute approximate surface area is 192 Å². The van der Waals surface area contributed by atoms with E-state index in [0.717, 1.165) is 56.5 Å². The van der Waals surface area contributed by atoms with Gasteiger partial charge in [0, 0.05) is 50.4 Å². The minimum atomic E-state index is -0.203. The fourth-order valence-electron chi connectivity index (χ4n) is 4.30. The third-order valence-electron chi connectivity index (χ3n) is 5.92. The first-order chi connectivity index (χ1) is 16.1. The number of carbonyl (C=O) groups excluding carboxylic acids is 2. The van der Waals surface area contributed by atoms with Gasteiger partial charge in [-0.05, 0) is 29.8 Å². The van der Waals surface area contributed by atoms with Gasteiger partial charge in [-0.1, -0.05) is 6.07 Å². The van der Waals surface area contributed by atoms with E-state index in [-0.39, 0.29) is 18.1 Å². The number of benzene rings is 1. The van der Waals surface area contributed by atoms with Crippen LogP contribution in [0.5, 0.6) is 0 Å². The van der Waals surface area contributed by atoms with Crippen LogP contribution in [0.2, 0.25) is 0 Å². The number of anilines is 1. The highest BCUT2D eigenvalue weighted by Crippen LogP contribution is 2.31. The van der Waals surface area contributed by atoms with E-state index >= 15 is 0 Å². The minimum Gasteiger partial charge on any atom is -0.379 e. The molecule has 2 aromatic rings. The summed E-state index contributed by atoms with van der Waals surface area (Å²) in [4.78, 5) is 42.3. The zero-order valence-electron chi connectivity index (χ0n) is 18.6. The molecule has 4 heterocycles. The Morgan fingerprint density at radius 3 is 2.73 bits per heavy atom. The number of hydrogen-bond acceptors (Lipinski definition) is 8. The zero-order valence-corrected chi connectivity index (χ0v) is 18.6. The number of morpholine rings is 1. The van der Waals surface area contributed by atoms with Gasteiger partial charge in [0.05, 0.1) is 31.9 Å². The number of nitrogens with one attached hydrogen (secondary N) is 1. The summed E-state index contributed by atoms with van der Waals surface area (Å²) in [5.74, 6) is 1.74. The fourth-order valence-corrected chi connectivity index (χ4v) is 4.30. The highest BCUT2D eigenvalue weighted by Gasteiger charge is 2.30. The molecule has 9 heteroatoms. The summed E-state index contributed by atoms with van der Waals surface area (Å²) in [6.45, 7) is 7.05. The summed E-state index contributed by atoms with van der Waals surface area (Å²) in [6.07, 6.45) is 1.65. The van der Waals surface area contributed by atoms with Gasteiger partial charge in [-0.3, -0.25) is 19.5 Å². The number of amidine groups is 2. The average molecular weight is 447 g/mol. The van der Waals surface area contributed by atoms with Crippen LogP contribution in [0.1, 0.15) is 34.8 Å². The second-order valence-corrected chi connectivity index (χ2v) is 8.34. The number of hydrogen-bond donors (Lipinski definition) is 1. The molecule has 1 fully saturated rings. The van der Waals surface area contributed by atoms with Crippen molar-refractivity contribution in [2.75, 3.05) is 44.7 Å². The summed E-state index contributed by atoms with van der Waals surface area (Å²) in [6, 6.07) is 9.65. The van der Waals surface area contributed by atoms with E-state index in [1.807, 2.05) is 4.90 Å². The Balaban J connectivity index is 1.36. The Bertz CT molecular complexity index is 1140. The van der Waals surface area contributed by atoms with Crippen LogP contribution in [0, 0.1) is 0 Å². The van der Waals surface area contributed by atoms with Crippen LogP contribution < -0.4 is 5.32 Å². The molecule has 0 aliphatic carbocycles. The quantitative estimate of drug-likeness (QED) is 0.684. The lowest BCUT2D eigenvalue weighted by molar-refractivity contribution is -0.114. The van der Waals surface area contributed by atoms with E-state index in [2.05, 4.69) is 38.4 Å². The van der Waals surface area contributed by atoms with Crippen molar-refractivity contribution in [2.45, 2.75) is 19.9 Å². The zero-order chi connectivity index (χ0) is 22.8. The molecule has 9 nitrogen and oxygen atoms in total. The smallest absolute Gasteiger partial charge is 0.222 e. The number of Topliss-reactive ketones (excluding diaryl/α,β-unsaturated/α-hetero) is 1. The van der Waals surface area contributed by atoms with Crippen LogP contribution in [0.4, 0.5) is 11.5 Å². The van der Waals surface area contributed by atoms with Gasteiger partial charge in [-0.15, -0.1) is 0 Å². The molecule has 170 valence electrons. The van der Waals surface area contributed by atoms with E-state index in [0.29, 0.717) is 23.8 Å². The van der Waals surface area contributed by atoms with Gasteiger partial charge >= 0.3 is 0 Å². The fraction of sp³-hybridized carbons (Fsp3) is 0.375. The summed E-state index contributed by atoms with van der Waals surface area (Å²) in [7, 11) is 0. The number of nitrogens with zero attached hydrogens (tertiary/aromatic N) is 5. The molecular weight excluding hydrogens is 420 g/mol. The van der Waals surface area contributed by atoms with Gasteiger partial charge in [0.25, 0.3) is 0 Å². The second-order valence-electron chi connectivity index (χ2n) is 8.34. The van der Waals surface area contributed by atoms with Crippen molar-refractivity contribution in [3.8, 4) is 0 Å². The van der Waals surface area contributed by atoms with Gasteiger partial charge in [-0.2, -0.15) is 0 Å².